The fraction of sp³-hybridized carbons (Fsp3) is 0.333. The van der Waals surface area contributed by atoms with Gasteiger partial charge in [0.2, 0.25) is 0 Å². The van der Waals surface area contributed by atoms with Crippen LogP contribution in [0.15, 0.2) is 22.7 Å². The molecule has 6 heteroatoms. The van der Waals surface area contributed by atoms with Crippen molar-refractivity contribution in [2.75, 3.05) is 0 Å². The molecule has 0 N–H and O–H groups in total. The molecule has 18 heavy (non-hydrogen) atoms. The van der Waals surface area contributed by atoms with Crippen LogP contribution >= 0.6 is 31.9 Å². The van der Waals surface area contributed by atoms with Gasteiger partial charge in [0.25, 0.3) is 0 Å². The van der Waals surface area contributed by atoms with E-state index in [4.69, 9.17) is 0 Å². The van der Waals surface area contributed by atoms with E-state index in [1.54, 1.807) is 6.07 Å². The van der Waals surface area contributed by atoms with E-state index in [1.807, 2.05) is 6.07 Å². The zero-order valence-corrected chi connectivity index (χ0v) is 12.6. The third-order valence-corrected chi connectivity index (χ3v) is 4.30. The number of halogens is 3. The summed E-state index contributed by atoms with van der Waals surface area (Å²) in [6, 6.07) is 5.43. The van der Waals surface area contributed by atoms with Crippen molar-refractivity contribution in [2.45, 2.75) is 24.2 Å². The van der Waals surface area contributed by atoms with Gasteiger partial charge in [0.05, 0.1) is 9.80 Å². The van der Waals surface area contributed by atoms with E-state index in [0.29, 0.717) is 15.8 Å². The topological polar surface area (TPSA) is 30.7 Å². The van der Waals surface area contributed by atoms with E-state index in [2.05, 4.69) is 46.6 Å². The van der Waals surface area contributed by atoms with Gasteiger partial charge < -0.3 is 4.57 Å². The Kier molecular flexibility index (Phi) is 3.23. The van der Waals surface area contributed by atoms with Gasteiger partial charge in [-0.2, -0.15) is 0 Å². The minimum atomic E-state index is -0.279. The molecule has 0 radical (unpaired) electrons. The van der Waals surface area contributed by atoms with Gasteiger partial charge in [-0.3, -0.25) is 0 Å². The first kappa shape index (κ1) is 12.3. The Bertz CT molecular complexity index is 593. The highest BCUT2D eigenvalue weighted by Crippen LogP contribution is 2.40. The maximum absolute atomic E-state index is 13.6. The lowest BCUT2D eigenvalue weighted by Crippen LogP contribution is -2.02. The van der Waals surface area contributed by atoms with Crippen LogP contribution in [0.2, 0.25) is 0 Å². The summed E-state index contributed by atoms with van der Waals surface area (Å²) < 4.78 is 16.1. The minimum Gasteiger partial charge on any atom is -0.307 e. The van der Waals surface area contributed by atoms with Crippen LogP contribution in [0.3, 0.4) is 0 Å². The summed E-state index contributed by atoms with van der Waals surface area (Å²) in [5.41, 5.74) is 0.751. The molecule has 0 aliphatic heterocycles. The molecule has 0 atom stereocenters. The van der Waals surface area contributed by atoms with Gasteiger partial charge in [-0.25, -0.2) is 4.39 Å². The van der Waals surface area contributed by atoms with Gasteiger partial charge in [0.15, 0.2) is 5.82 Å². The first-order valence-electron chi connectivity index (χ1n) is 5.66. The maximum Gasteiger partial charge on any atom is 0.165 e. The lowest BCUT2D eigenvalue weighted by molar-refractivity contribution is 0.621. The molecule has 1 aliphatic carbocycles. The van der Waals surface area contributed by atoms with Crippen LogP contribution in [-0.2, 0) is 5.33 Å². The van der Waals surface area contributed by atoms with Crippen molar-refractivity contribution in [2.24, 2.45) is 0 Å². The van der Waals surface area contributed by atoms with Crippen molar-refractivity contribution in [1.82, 2.24) is 14.8 Å². The van der Waals surface area contributed by atoms with E-state index in [9.17, 15) is 4.39 Å². The summed E-state index contributed by atoms with van der Waals surface area (Å²) in [7, 11) is 0. The summed E-state index contributed by atoms with van der Waals surface area (Å²) in [5, 5.41) is 9.03. The van der Waals surface area contributed by atoms with Gasteiger partial charge in [-0.1, -0.05) is 22.0 Å². The lowest BCUT2D eigenvalue weighted by atomic mass is 10.2. The molecular weight excluding hydrogens is 365 g/mol. The quantitative estimate of drug-likeness (QED) is 0.758. The third kappa shape index (κ3) is 2.01. The predicted molar refractivity (Wildman–Crippen MR) is 74.0 cm³/mol. The zero-order chi connectivity index (χ0) is 12.7. The Morgan fingerprint density at radius 2 is 2.11 bits per heavy atom. The molecule has 2 aromatic rings. The van der Waals surface area contributed by atoms with Crippen molar-refractivity contribution in [3.8, 4) is 11.4 Å². The Balaban J connectivity index is 2.17. The van der Waals surface area contributed by atoms with Gasteiger partial charge in [0.1, 0.15) is 11.6 Å². The molecule has 0 amide bonds. The van der Waals surface area contributed by atoms with Crippen molar-refractivity contribution < 1.29 is 4.39 Å². The second kappa shape index (κ2) is 4.74. The Labute approximate surface area is 121 Å². The van der Waals surface area contributed by atoms with E-state index < -0.39 is 0 Å². The van der Waals surface area contributed by atoms with Gasteiger partial charge in [-0.15, -0.1) is 10.2 Å². The van der Waals surface area contributed by atoms with E-state index in [1.165, 1.54) is 6.07 Å². The van der Waals surface area contributed by atoms with Gasteiger partial charge in [-0.05, 0) is 40.9 Å². The first-order chi connectivity index (χ1) is 8.72. The molecule has 1 aliphatic rings. The van der Waals surface area contributed by atoms with Crippen molar-refractivity contribution in [1.29, 1.82) is 0 Å². The molecule has 3 nitrogen and oxygen atoms in total. The summed E-state index contributed by atoms with van der Waals surface area (Å²) in [5.74, 6) is 1.35. The van der Waals surface area contributed by atoms with Crippen LogP contribution in [0.1, 0.15) is 24.7 Å². The molecule has 1 aromatic heterocycles. The molecule has 1 saturated carbocycles. The average molecular weight is 375 g/mol. The van der Waals surface area contributed by atoms with E-state index in [0.717, 1.165) is 30.1 Å². The molecule has 3 rings (SSSR count). The van der Waals surface area contributed by atoms with Crippen molar-refractivity contribution in [3.63, 3.8) is 0 Å². The highest BCUT2D eigenvalue weighted by molar-refractivity contribution is 9.10. The highest BCUT2D eigenvalue weighted by atomic mass is 79.9. The molecule has 0 unspecified atom stereocenters. The molecule has 1 heterocycles. The maximum atomic E-state index is 13.6. The van der Waals surface area contributed by atoms with Crippen molar-refractivity contribution >= 4 is 31.9 Å². The van der Waals surface area contributed by atoms with Crippen LogP contribution in [-0.4, -0.2) is 14.8 Å². The second-order valence-corrected chi connectivity index (χ2v) is 5.63. The monoisotopic (exact) mass is 373 g/mol. The van der Waals surface area contributed by atoms with Gasteiger partial charge >= 0.3 is 0 Å². The smallest absolute Gasteiger partial charge is 0.165 e. The molecule has 1 fully saturated rings. The zero-order valence-electron chi connectivity index (χ0n) is 9.41. The molecule has 0 bridgehead atoms. The van der Waals surface area contributed by atoms with Crippen LogP contribution in [0.25, 0.3) is 11.4 Å². The largest absolute Gasteiger partial charge is 0.307 e. The summed E-state index contributed by atoms with van der Waals surface area (Å²) in [4.78, 5) is 0. The molecule has 0 saturated heterocycles. The number of alkyl halides is 1. The predicted octanol–water partition coefficient (Wildman–Crippen LogP) is 4.08. The first-order valence-corrected chi connectivity index (χ1v) is 7.58. The summed E-state index contributed by atoms with van der Waals surface area (Å²) >= 11 is 6.70. The number of nitrogens with zero attached hydrogens (tertiary/aromatic N) is 3. The SMILES string of the molecule is Fc1cccc(-c2nnc(CBr)n2C2CC2)c1Br. The van der Waals surface area contributed by atoms with Crippen molar-refractivity contribution in [3.05, 3.63) is 34.3 Å². The number of rotatable bonds is 3. The Morgan fingerprint density at radius 3 is 2.78 bits per heavy atom. The van der Waals surface area contributed by atoms with Crippen LogP contribution in [0.4, 0.5) is 4.39 Å². The summed E-state index contributed by atoms with van der Waals surface area (Å²) in [6.45, 7) is 0. The van der Waals surface area contributed by atoms with Crippen LogP contribution in [0, 0.1) is 5.82 Å². The van der Waals surface area contributed by atoms with E-state index >= 15 is 0 Å². The average Bonchev–Trinajstić information content (AvgIpc) is 3.12. The molecule has 94 valence electrons. The van der Waals surface area contributed by atoms with Crippen LogP contribution in [0.5, 0.6) is 0 Å². The van der Waals surface area contributed by atoms with Crippen LogP contribution < -0.4 is 0 Å². The normalized spacial score (nSPS) is 15.1. The number of benzene rings is 1. The second-order valence-electron chi connectivity index (χ2n) is 4.28. The molecule has 1 aromatic carbocycles. The fourth-order valence-electron chi connectivity index (χ4n) is 1.99. The van der Waals surface area contributed by atoms with Gasteiger partial charge in [0, 0.05) is 11.6 Å². The molecular formula is C12H10Br2FN3. The number of hydrogen-bond donors (Lipinski definition) is 0. The van der Waals surface area contributed by atoms with E-state index in [-0.39, 0.29) is 5.82 Å². The number of hydrogen-bond acceptors (Lipinski definition) is 2. The Hall–Kier alpha value is -0.750. The molecule has 0 spiro atoms. The third-order valence-electron chi connectivity index (χ3n) is 2.99. The summed E-state index contributed by atoms with van der Waals surface area (Å²) in [6.07, 6.45) is 2.27. The highest BCUT2D eigenvalue weighted by Gasteiger charge is 2.30. The Morgan fingerprint density at radius 1 is 1.33 bits per heavy atom. The number of aromatic nitrogens is 3. The standard InChI is InChI=1S/C12H10Br2FN3/c13-6-10-16-17-12(18(10)7-4-5-7)8-2-1-3-9(15)11(8)14/h1-3,7H,4-6H2. The minimum absolute atomic E-state index is 0.279. The fourth-order valence-corrected chi connectivity index (χ4v) is 2.82. The lowest BCUT2D eigenvalue weighted by Gasteiger charge is -2.09.